The predicted octanol–water partition coefficient (Wildman–Crippen LogP) is 2.49. The first-order valence-electron chi connectivity index (χ1n) is 4.56. The van der Waals surface area contributed by atoms with Gasteiger partial charge in [0.25, 0.3) is 0 Å². The fraction of sp³-hybridized carbons (Fsp3) is 0.600. The Hall–Kier alpha value is -1.30. The Morgan fingerprint density at radius 3 is 2.62 bits per heavy atom. The number of hydrogen-bond donors (Lipinski definition) is 1. The molecule has 0 aliphatic rings. The van der Waals surface area contributed by atoms with Gasteiger partial charge in [-0.3, -0.25) is 0 Å². The van der Waals surface area contributed by atoms with E-state index in [1.807, 2.05) is 0 Å². The van der Waals surface area contributed by atoms with Crippen molar-refractivity contribution in [3.05, 3.63) is 11.6 Å². The van der Waals surface area contributed by atoms with Crippen LogP contribution in [-0.2, 0) is 4.79 Å². The lowest BCUT2D eigenvalue weighted by Crippen LogP contribution is -1.97. The van der Waals surface area contributed by atoms with Crippen LogP contribution in [-0.4, -0.2) is 11.1 Å². The number of rotatable bonds is 6. The average Bonchev–Trinajstić information content (AvgIpc) is 2.10. The Labute approximate surface area is 78.7 Å². The van der Waals surface area contributed by atoms with E-state index in [1.165, 1.54) is 12.5 Å². The van der Waals surface area contributed by atoms with Crippen LogP contribution < -0.4 is 0 Å². The summed E-state index contributed by atoms with van der Waals surface area (Å²) >= 11 is 0. The summed E-state index contributed by atoms with van der Waals surface area (Å²) in [7, 11) is 0. The van der Waals surface area contributed by atoms with Gasteiger partial charge in [-0.15, -0.1) is 0 Å². The van der Waals surface area contributed by atoms with Gasteiger partial charge >= 0.3 is 5.97 Å². The molecule has 72 valence electrons. The molecule has 1 N–H and O–H groups in total. The highest BCUT2D eigenvalue weighted by Gasteiger charge is 2.03. The molecule has 0 aliphatic heterocycles. The largest absolute Gasteiger partial charge is 0.477 e. The minimum absolute atomic E-state index is 0.142. The van der Waals surface area contributed by atoms with E-state index in [2.05, 4.69) is 6.92 Å². The van der Waals surface area contributed by atoms with Gasteiger partial charge in [-0.2, -0.15) is 5.26 Å². The molecule has 0 spiro atoms. The summed E-state index contributed by atoms with van der Waals surface area (Å²) in [6, 6.07) is 1.65. The molecule has 0 rings (SSSR count). The lowest BCUT2D eigenvalue weighted by molar-refractivity contribution is -0.132. The summed E-state index contributed by atoms with van der Waals surface area (Å²) in [5, 5.41) is 16.9. The van der Waals surface area contributed by atoms with Gasteiger partial charge in [0.1, 0.15) is 11.6 Å². The Balaban J connectivity index is 3.70. The Bertz CT molecular complexity index is 226. The number of carbonyl (C=O) groups is 1. The summed E-state index contributed by atoms with van der Waals surface area (Å²) in [4.78, 5) is 10.4. The number of nitriles is 1. The maximum Gasteiger partial charge on any atom is 0.346 e. The highest BCUT2D eigenvalue weighted by atomic mass is 16.4. The molecule has 0 saturated carbocycles. The molecule has 0 aromatic rings. The molecule has 0 aromatic heterocycles. The number of hydrogen-bond acceptors (Lipinski definition) is 2. The minimum atomic E-state index is -1.13. The van der Waals surface area contributed by atoms with E-state index in [0.29, 0.717) is 6.42 Å². The normalized spacial score (nSPS) is 10.9. The monoisotopic (exact) mass is 181 g/mol. The first-order chi connectivity index (χ1) is 6.22. The van der Waals surface area contributed by atoms with E-state index < -0.39 is 5.97 Å². The average molecular weight is 181 g/mol. The van der Waals surface area contributed by atoms with Crippen molar-refractivity contribution in [2.24, 2.45) is 0 Å². The molecule has 0 unspecified atom stereocenters. The van der Waals surface area contributed by atoms with Crippen LogP contribution in [0.4, 0.5) is 0 Å². The van der Waals surface area contributed by atoms with Crippen LogP contribution in [0.5, 0.6) is 0 Å². The van der Waals surface area contributed by atoms with E-state index in [4.69, 9.17) is 10.4 Å². The van der Waals surface area contributed by atoms with Crippen LogP contribution >= 0.6 is 0 Å². The molecule has 0 heterocycles. The summed E-state index contributed by atoms with van der Waals surface area (Å²) in [6.07, 6.45) is 6.58. The Morgan fingerprint density at radius 2 is 2.15 bits per heavy atom. The molecule has 0 bridgehead atoms. The first-order valence-corrected chi connectivity index (χ1v) is 4.56. The van der Waals surface area contributed by atoms with Gasteiger partial charge in [0.05, 0.1) is 0 Å². The van der Waals surface area contributed by atoms with Crippen LogP contribution in [0.3, 0.4) is 0 Å². The fourth-order valence-corrected chi connectivity index (χ4v) is 0.998. The second kappa shape index (κ2) is 7.35. The molecule has 0 fully saturated rings. The zero-order chi connectivity index (χ0) is 10.1. The van der Waals surface area contributed by atoms with Crippen molar-refractivity contribution >= 4 is 5.97 Å². The van der Waals surface area contributed by atoms with E-state index >= 15 is 0 Å². The number of unbranched alkanes of at least 4 members (excludes halogenated alkanes) is 4. The zero-order valence-electron chi connectivity index (χ0n) is 7.92. The third kappa shape index (κ3) is 5.92. The van der Waals surface area contributed by atoms with Crippen molar-refractivity contribution in [3.8, 4) is 6.07 Å². The van der Waals surface area contributed by atoms with Crippen LogP contribution in [0.15, 0.2) is 11.6 Å². The van der Waals surface area contributed by atoms with Crippen molar-refractivity contribution in [2.45, 2.75) is 39.0 Å². The topological polar surface area (TPSA) is 61.1 Å². The standard InChI is InChI=1S/C10H15NO2/c1-2-3-4-5-6-7-9(8-11)10(12)13/h7H,2-6H2,1H3,(H,12,13)/b9-7+. The molecule has 3 heteroatoms. The molecule has 0 aliphatic carbocycles. The van der Waals surface area contributed by atoms with E-state index in [0.717, 1.165) is 19.3 Å². The van der Waals surface area contributed by atoms with Crippen LogP contribution in [0.25, 0.3) is 0 Å². The van der Waals surface area contributed by atoms with Crippen LogP contribution in [0.1, 0.15) is 39.0 Å². The summed E-state index contributed by atoms with van der Waals surface area (Å²) in [5.41, 5.74) is -0.142. The highest BCUT2D eigenvalue weighted by molar-refractivity contribution is 5.90. The molecule has 13 heavy (non-hydrogen) atoms. The van der Waals surface area contributed by atoms with Gasteiger partial charge in [-0.1, -0.05) is 32.3 Å². The van der Waals surface area contributed by atoms with Gasteiger partial charge in [0, 0.05) is 0 Å². The second-order valence-corrected chi connectivity index (χ2v) is 2.88. The van der Waals surface area contributed by atoms with Gasteiger partial charge in [0.2, 0.25) is 0 Å². The van der Waals surface area contributed by atoms with Crippen molar-refractivity contribution in [3.63, 3.8) is 0 Å². The zero-order valence-corrected chi connectivity index (χ0v) is 7.92. The van der Waals surface area contributed by atoms with E-state index in [1.54, 1.807) is 6.07 Å². The molecule has 0 saturated heterocycles. The van der Waals surface area contributed by atoms with Gasteiger partial charge in [0.15, 0.2) is 0 Å². The molecular weight excluding hydrogens is 166 g/mol. The second-order valence-electron chi connectivity index (χ2n) is 2.88. The highest BCUT2D eigenvalue weighted by Crippen LogP contribution is 2.05. The molecular formula is C10H15NO2. The Morgan fingerprint density at radius 1 is 1.46 bits per heavy atom. The van der Waals surface area contributed by atoms with Gasteiger partial charge in [-0.25, -0.2) is 4.79 Å². The molecule has 3 nitrogen and oxygen atoms in total. The number of allylic oxidation sites excluding steroid dienone is 1. The number of aliphatic carboxylic acids is 1. The molecule has 0 amide bonds. The van der Waals surface area contributed by atoms with Crippen molar-refractivity contribution < 1.29 is 9.90 Å². The molecule has 0 aromatic carbocycles. The maximum absolute atomic E-state index is 10.4. The molecule has 0 radical (unpaired) electrons. The lowest BCUT2D eigenvalue weighted by atomic mass is 10.1. The van der Waals surface area contributed by atoms with E-state index in [9.17, 15) is 4.79 Å². The number of carboxylic acids is 1. The quantitative estimate of drug-likeness (QED) is 0.389. The van der Waals surface area contributed by atoms with Gasteiger partial charge < -0.3 is 5.11 Å². The van der Waals surface area contributed by atoms with Crippen LogP contribution in [0, 0.1) is 11.3 Å². The predicted molar refractivity (Wildman–Crippen MR) is 50.1 cm³/mol. The number of nitrogens with zero attached hydrogens (tertiary/aromatic N) is 1. The van der Waals surface area contributed by atoms with Crippen molar-refractivity contribution in [1.29, 1.82) is 5.26 Å². The number of carboxylic acid groups (broad SMARTS) is 1. The summed E-state index contributed by atoms with van der Waals surface area (Å²) in [5.74, 6) is -1.13. The summed E-state index contributed by atoms with van der Waals surface area (Å²) < 4.78 is 0. The minimum Gasteiger partial charge on any atom is -0.477 e. The fourth-order valence-electron chi connectivity index (χ4n) is 0.998. The van der Waals surface area contributed by atoms with Crippen molar-refractivity contribution in [1.82, 2.24) is 0 Å². The van der Waals surface area contributed by atoms with E-state index in [-0.39, 0.29) is 5.57 Å². The van der Waals surface area contributed by atoms with Gasteiger partial charge in [-0.05, 0) is 12.8 Å². The van der Waals surface area contributed by atoms with Crippen LogP contribution in [0.2, 0.25) is 0 Å². The first kappa shape index (κ1) is 11.7. The summed E-state index contributed by atoms with van der Waals surface area (Å²) in [6.45, 7) is 2.12. The maximum atomic E-state index is 10.4. The SMILES string of the molecule is CCCCCC/C=C(\C#N)C(=O)O. The lowest BCUT2D eigenvalue weighted by Gasteiger charge is -1.94. The third-order valence-corrected chi connectivity index (χ3v) is 1.76. The van der Waals surface area contributed by atoms with Crippen molar-refractivity contribution in [2.75, 3.05) is 0 Å². The molecule has 0 atom stereocenters. The smallest absolute Gasteiger partial charge is 0.346 e. The Kier molecular flexibility index (Phi) is 6.62. The third-order valence-electron chi connectivity index (χ3n) is 1.76.